The molecule has 0 N–H and O–H groups in total. The molecule has 0 unspecified atom stereocenters. The summed E-state index contributed by atoms with van der Waals surface area (Å²) in [6.07, 6.45) is 5.55. The third-order valence-corrected chi connectivity index (χ3v) is 6.13. The van der Waals surface area contributed by atoms with Crippen LogP contribution in [-0.4, -0.2) is 15.0 Å². The molecule has 0 amide bonds. The van der Waals surface area contributed by atoms with E-state index < -0.39 is 0 Å². The van der Waals surface area contributed by atoms with Gasteiger partial charge in [0.05, 0.1) is 5.58 Å². The number of hydrogen-bond acceptors (Lipinski definition) is 4. The Morgan fingerprint density at radius 1 is 0.784 bits per heavy atom. The van der Waals surface area contributed by atoms with Gasteiger partial charge in [0, 0.05) is 44.1 Å². The molecular weight excluding hydrogens is 635 g/mol. The third kappa shape index (κ3) is 5.69. The zero-order valence-corrected chi connectivity index (χ0v) is 23.6. The fourth-order valence-corrected chi connectivity index (χ4v) is 4.24. The molecule has 0 aliphatic carbocycles. The first-order chi connectivity index (χ1) is 17.5. The smallest absolute Gasteiger partial charge is 0.216 e. The Balaban J connectivity index is 0.000000195. The van der Waals surface area contributed by atoms with E-state index in [1.165, 1.54) is 16.7 Å². The van der Waals surface area contributed by atoms with Crippen LogP contribution in [0.25, 0.3) is 44.6 Å². The molecule has 4 heterocycles. The molecule has 0 saturated heterocycles. The zero-order valence-electron chi connectivity index (χ0n) is 21.2. The molecule has 2 aromatic carbocycles. The minimum absolute atomic E-state index is 0. The van der Waals surface area contributed by atoms with E-state index in [0.29, 0.717) is 11.6 Å². The van der Waals surface area contributed by atoms with Crippen molar-refractivity contribution >= 4 is 22.1 Å². The predicted molar refractivity (Wildman–Crippen MR) is 146 cm³/mol. The van der Waals surface area contributed by atoms with Crippen LogP contribution in [0.1, 0.15) is 36.5 Å². The summed E-state index contributed by atoms with van der Waals surface area (Å²) in [4.78, 5) is 13.2. The second-order valence-electron chi connectivity index (χ2n) is 9.13. The molecule has 5 heteroatoms. The first-order valence-corrected chi connectivity index (χ1v) is 12.1. The van der Waals surface area contributed by atoms with E-state index in [0.717, 1.165) is 38.9 Å². The average molecular weight is 662 g/mol. The number of hydrogen-bond donors (Lipinski definition) is 0. The Morgan fingerprint density at radius 2 is 1.62 bits per heavy atom. The summed E-state index contributed by atoms with van der Waals surface area (Å²) in [5.41, 5.74) is 8.95. The van der Waals surface area contributed by atoms with Crippen molar-refractivity contribution in [3.63, 3.8) is 0 Å². The molecule has 6 rings (SSSR count). The second-order valence-corrected chi connectivity index (χ2v) is 9.13. The van der Waals surface area contributed by atoms with E-state index in [9.17, 15) is 0 Å². The Kier molecular flexibility index (Phi) is 8.27. The largest absolute Gasteiger partial charge is 0.486 e. The van der Waals surface area contributed by atoms with Gasteiger partial charge >= 0.3 is 0 Å². The van der Waals surface area contributed by atoms with Crippen LogP contribution in [0, 0.1) is 26.0 Å². The summed E-state index contributed by atoms with van der Waals surface area (Å²) in [6.45, 7) is 8.52. The summed E-state index contributed by atoms with van der Waals surface area (Å²) in [5.74, 6) is 0.452. The summed E-state index contributed by atoms with van der Waals surface area (Å²) in [6, 6.07) is 28.4. The monoisotopic (exact) mass is 662 g/mol. The van der Waals surface area contributed by atoms with Crippen molar-refractivity contribution in [3.05, 3.63) is 114 Å². The van der Waals surface area contributed by atoms with Crippen LogP contribution in [0.4, 0.5) is 0 Å². The van der Waals surface area contributed by atoms with Crippen LogP contribution in [0.2, 0.25) is 0 Å². The quantitative estimate of drug-likeness (QED) is 0.180. The van der Waals surface area contributed by atoms with Crippen molar-refractivity contribution in [3.8, 4) is 22.5 Å². The molecule has 0 atom stereocenters. The SMILES string of the molecule is Cc1ccc(-c2[c-]cccc2)nc1.Cc1cnc(-c2[c-]ccc3c2oc2ncccc23)cc1C(C)C.[Ir]. The van der Waals surface area contributed by atoms with E-state index >= 15 is 0 Å². The topological polar surface area (TPSA) is 51.8 Å². The van der Waals surface area contributed by atoms with Gasteiger partial charge in [-0.3, -0.25) is 0 Å². The van der Waals surface area contributed by atoms with Gasteiger partial charge in [-0.1, -0.05) is 43.0 Å². The number of furan rings is 1. The van der Waals surface area contributed by atoms with Crippen LogP contribution in [0.5, 0.6) is 0 Å². The maximum absolute atomic E-state index is 5.99. The van der Waals surface area contributed by atoms with Gasteiger partial charge in [0.15, 0.2) is 0 Å². The maximum Gasteiger partial charge on any atom is 0.216 e. The van der Waals surface area contributed by atoms with Gasteiger partial charge in [0.25, 0.3) is 0 Å². The summed E-state index contributed by atoms with van der Waals surface area (Å²) in [7, 11) is 0. The Morgan fingerprint density at radius 3 is 2.35 bits per heavy atom. The summed E-state index contributed by atoms with van der Waals surface area (Å²) in [5, 5.41) is 2.07. The predicted octanol–water partition coefficient (Wildman–Crippen LogP) is 8.13. The molecule has 0 aliphatic heterocycles. The maximum atomic E-state index is 5.99. The molecule has 0 bridgehead atoms. The van der Waals surface area contributed by atoms with E-state index in [4.69, 9.17) is 4.42 Å². The minimum Gasteiger partial charge on any atom is -0.486 e. The zero-order chi connectivity index (χ0) is 25.1. The first-order valence-electron chi connectivity index (χ1n) is 12.1. The van der Waals surface area contributed by atoms with Crippen molar-refractivity contribution in [2.24, 2.45) is 0 Å². The van der Waals surface area contributed by atoms with Crippen molar-refractivity contribution < 1.29 is 24.5 Å². The standard InChI is InChI=1S/C20H17N2O.C12H10N.Ir/c1-12(2)17-10-18(22-11-13(17)3)16-7-4-6-14-15-8-5-9-21-20(15)23-19(14)16;1-10-7-8-12(13-9-10)11-5-3-2-4-6-11;/h4-6,8-12H,1-3H3;2-5,7-9H,1H3;/q2*-1;. The van der Waals surface area contributed by atoms with E-state index in [-0.39, 0.29) is 20.1 Å². The van der Waals surface area contributed by atoms with Gasteiger partial charge in [-0.05, 0) is 60.0 Å². The molecule has 1 radical (unpaired) electrons. The van der Waals surface area contributed by atoms with Crippen molar-refractivity contribution in [2.45, 2.75) is 33.6 Å². The van der Waals surface area contributed by atoms with Crippen molar-refractivity contribution in [1.29, 1.82) is 0 Å². The van der Waals surface area contributed by atoms with Crippen LogP contribution in [0.15, 0.2) is 89.7 Å². The molecule has 37 heavy (non-hydrogen) atoms. The number of aromatic nitrogens is 3. The number of rotatable bonds is 3. The average Bonchev–Trinajstić information content (AvgIpc) is 3.29. The van der Waals surface area contributed by atoms with Crippen molar-refractivity contribution in [1.82, 2.24) is 15.0 Å². The number of nitrogens with zero attached hydrogens (tertiary/aromatic N) is 3. The number of fused-ring (bicyclic) bond motifs is 3. The van der Waals surface area contributed by atoms with Gasteiger partial charge in [0.1, 0.15) is 0 Å². The molecule has 0 saturated carbocycles. The Hall–Kier alpha value is -3.66. The van der Waals surface area contributed by atoms with Crippen molar-refractivity contribution in [2.75, 3.05) is 0 Å². The van der Waals surface area contributed by atoms with Gasteiger partial charge in [0.2, 0.25) is 5.71 Å². The third-order valence-electron chi connectivity index (χ3n) is 6.13. The fourth-order valence-electron chi connectivity index (χ4n) is 4.24. The molecule has 4 aromatic heterocycles. The Labute approximate surface area is 231 Å². The number of aryl methyl sites for hydroxylation is 2. The molecule has 6 aromatic rings. The van der Waals surface area contributed by atoms with E-state index in [2.05, 4.69) is 60.0 Å². The molecule has 0 fully saturated rings. The van der Waals surface area contributed by atoms with Crippen LogP contribution in [0.3, 0.4) is 0 Å². The normalized spacial score (nSPS) is 10.7. The molecule has 0 spiro atoms. The number of pyridine rings is 3. The summed E-state index contributed by atoms with van der Waals surface area (Å²) < 4.78 is 5.99. The fraction of sp³-hybridized carbons (Fsp3) is 0.156. The molecular formula is C32H27IrN3O-2. The molecule has 0 aliphatic rings. The first kappa shape index (κ1) is 26.4. The second kappa shape index (κ2) is 11.6. The molecule has 4 nitrogen and oxygen atoms in total. The van der Waals surface area contributed by atoms with Gasteiger partial charge < -0.3 is 14.4 Å². The molecule has 187 valence electrons. The summed E-state index contributed by atoms with van der Waals surface area (Å²) >= 11 is 0. The van der Waals surface area contributed by atoms with Gasteiger partial charge in [-0.25, -0.2) is 4.98 Å². The van der Waals surface area contributed by atoms with Crippen LogP contribution < -0.4 is 0 Å². The van der Waals surface area contributed by atoms with Crippen LogP contribution >= 0.6 is 0 Å². The van der Waals surface area contributed by atoms with Gasteiger partial charge in [-0.2, -0.15) is 0 Å². The van der Waals surface area contributed by atoms with Gasteiger partial charge in [-0.15, -0.1) is 54.1 Å². The number of benzene rings is 2. The van der Waals surface area contributed by atoms with Crippen LogP contribution in [-0.2, 0) is 20.1 Å². The Bertz CT molecular complexity index is 1620. The minimum atomic E-state index is 0. The van der Waals surface area contributed by atoms with E-state index in [1.807, 2.05) is 73.9 Å². The van der Waals surface area contributed by atoms with E-state index in [1.54, 1.807) is 6.20 Å².